The highest BCUT2D eigenvalue weighted by atomic mass is 16.6. The number of ether oxygens (including phenoxy) is 1. The van der Waals surface area contributed by atoms with Crippen molar-refractivity contribution in [2.75, 3.05) is 0 Å². The standard InChI is InChI=1S/C9H14O2/c1-4-5-7-9(2,3)6-8(10)11-7/h4,7H,1,5-6H2,2-3H3. The Balaban J connectivity index is 2.65. The van der Waals surface area contributed by atoms with Gasteiger partial charge in [-0.05, 0) is 0 Å². The van der Waals surface area contributed by atoms with Gasteiger partial charge in [-0.25, -0.2) is 0 Å². The highest BCUT2D eigenvalue weighted by Crippen LogP contribution is 2.36. The number of carbonyl (C=O) groups is 1. The minimum Gasteiger partial charge on any atom is -0.461 e. The second kappa shape index (κ2) is 2.68. The third kappa shape index (κ3) is 1.62. The van der Waals surface area contributed by atoms with Crippen LogP contribution in [0.25, 0.3) is 0 Å². The Morgan fingerprint density at radius 3 is 2.82 bits per heavy atom. The van der Waals surface area contributed by atoms with Gasteiger partial charge in [-0.15, -0.1) is 6.58 Å². The molecule has 1 saturated heterocycles. The summed E-state index contributed by atoms with van der Waals surface area (Å²) in [4.78, 5) is 10.9. The molecule has 1 unspecified atom stereocenters. The Bertz CT molecular complexity index is 182. The fraction of sp³-hybridized carbons (Fsp3) is 0.667. The fourth-order valence-corrected chi connectivity index (χ4v) is 1.36. The van der Waals surface area contributed by atoms with Gasteiger partial charge in [-0.1, -0.05) is 19.9 Å². The van der Waals surface area contributed by atoms with Gasteiger partial charge in [0, 0.05) is 11.8 Å². The zero-order valence-electron chi connectivity index (χ0n) is 7.09. The van der Waals surface area contributed by atoms with E-state index in [9.17, 15) is 4.79 Å². The van der Waals surface area contributed by atoms with E-state index in [0.29, 0.717) is 6.42 Å². The largest absolute Gasteiger partial charge is 0.461 e. The van der Waals surface area contributed by atoms with Crippen molar-refractivity contribution >= 4 is 5.97 Å². The van der Waals surface area contributed by atoms with Crippen molar-refractivity contribution in [3.63, 3.8) is 0 Å². The molecule has 0 aromatic heterocycles. The second-order valence-electron chi connectivity index (χ2n) is 3.67. The minimum atomic E-state index is -0.0816. The first-order valence-electron chi connectivity index (χ1n) is 3.86. The molecule has 1 atom stereocenters. The van der Waals surface area contributed by atoms with Crippen LogP contribution in [0.15, 0.2) is 12.7 Å². The lowest BCUT2D eigenvalue weighted by Crippen LogP contribution is -2.23. The lowest BCUT2D eigenvalue weighted by molar-refractivity contribution is -0.141. The molecule has 0 spiro atoms. The predicted octanol–water partition coefficient (Wildman–Crippen LogP) is 1.90. The third-order valence-corrected chi connectivity index (χ3v) is 2.13. The summed E-state index contributed by atoms with van der Waals surface area (Å²) in [6, 6.07) is 0. The lowest BCUT2D eigenvalue weighted by atomic mass is 9.84. The molecule has 0 amide bonds. The van der Waals surface area contributed by atoms with Gasteiger partial charge in [0.25, 0.3) is 0 Å². The fourth-order valence-electron chi connectivity index (χ4n) is 1.36. The first-order valence-corrected chi connectivity index (χ1v) is 3.86. The van der Waals surface area contributed by atoms with E-state index >= 15 is 0 Å². The molecule has 0 aliphatic carbocycles. The van der Waals surface area contributed by atoms with Crippen molar-refractivity contribution in [2.24, 2.45) is 5.41 Å². The molecule has 1 heterocycles. The van der Waals surface area contributed by atoms with Crippen molar-refractivity contribution in [3.8, 4) is 0 Å². The molecule has 1 aliphatic heterocycles. The molecule has 62 valence electrons. The van der Waals surface area contributed by atoms with Gasteiger partial charge in [0.1, 0.15) is 6.10 Å². The maximum atomic E-state index is 10.9. The van der Waals surface area contributed by atoms with E-state index in [2.05, 4.69) is 6.58 Å². The number of rotatable bonds is 2. The smallest absolute Gasteiger partial charge is 0.306 e. The van der Waals surface area contributed by atoms with E-state index in [-0.39, 0.29) is 17.5 Å². The van der Waals surface area contributed by atoms with Crippen LogP contribution < -0.4 is 0 Å². The number of hydrogen-bond acceptors (Lipinski definition) is 2. The summed E-state index contributed by atoms with van der Waals surface area (Å²) in [5, 5.41) is 0. The van der Waals surface area contributed by atoms with Crippen molar-refractivity contribution in [2.45, 2.75) is 32.8 Å². The average molecular weight is 154 g/mol. The maximum Gasteiger partial charge on any atom is 0.306 e. The SMILES string of the molecule is C=CCC1OC(=O)CC1(C)C. The maximum absolute atomic E-state index is 10.9. The molecule has 0 saturated carbocycles. The molecule has 0 radical (unpaired) electrons. The predicted molar refractivity (Wildman–Crippen MR) is 43.1 cm³/mol. The molecular weight excluding hydrogens is 140 g/mol. The van der Waals surface area contributed by atoms with Crippen molar-refractivity contribution < 1.29 is 9.53 Å². The molecule has 1 aliphatic rings. The van der Waals surface area contributed by atoms with Crippen LogP contribution in [0.1, 0.15) is 26.7 Å². The Hall–Kier alpha value is -0.790. The zero-order chi connectivity index (χ0) is 8.48. The Labute approximate surface area is 67.2 Å². The molecule has 0 aromatic rings. The second-order valence-corrected chi connectivity index (χ2v) is 3.67. The Morgan fingerprint density at radius 1 is 1.82 bits per heavy atom. The molecule has 0 bridgehead atoms. The van der Waals surface area contributed by atoms with Gasteiger partial charge in [0.15, 0.2) is 0 Å². The topological polar surface area (TPSA) is 26.3 Å². The third-order valence-electron chi connectivity index (χ3n) is 2.13. The highest BCUT2D eigenvalue weighted by molar-refractivity contribution is 5.72. The quantitative estimate of drug-likeness (QED) is 0.448. The van der Waals surface area contributed by atoms with Gasteiger partial charge in [-0.2, -0.15) is 0 Å². The molecule has 0 aromatic carbocycles. The van der Waals surface area contributed by atoms with E-state index in [1.165, 1.54) is 0 Å². The molecule has 11 heavy (non-hydrogen) atoms. The van der Waals surface area contributed by atoms with E-state index in [0.717, 1.165) is 6.42 Å². The Morgan fingerprint density at radius 2 is 2.45 bits per heavy atom. The van der Waals surface area contributed by atoms with Gasteiger partial charge in [0.2, 0.25) is 0 Å². The van der Waals surface area contributed by atoms with Crippen molar-refractivity contribution in [1.82, 2.24) is 0 Å². The summed E-state index contributed by atoms with van der Waals surface area (Å²) < 4.78 is 5.11. The van der Waals surface area contributed by atoms with E-state index in [4.69, 9.17) is 4.74 Å². The van der Waals surface area contributed by atoms with Crippen LogP contribution in [0, 0.1) is 5.41 Å². The number of hydrogen-bond donors (Lipinski definition) is 0. The molecule has 0 N–H and O–H groups in total. The number of cyclic esters (lactones) is 1. The lowest BCUT2D eigenvalue weighted by Gasteiger charge is -2.21. The number of carbonyl (C=O) groups excluding carboxylic acids is 1. The summed E-state index contributed by atoms with van der Waals surface area (Å²) in [6.07, 6.45) is 3.13. The van der Waals surface area contributed by atoms with Crippen LogP contribution in [0.5, 0.6) is 0 Å². The van der Waals surface area contributed by atoms with Gasteiger partial charge in [-0.3, -0.25) is 4.79 Å². The van der Waals surface area contributed by atoms with E-state index in [1.54, 1.807) is 6.08 Å². The van der Waals surface area contributed by atoms with Crippen LogP contribution in [0.3, 0.4) is 0 Å². The normalized spacial score (nSPS) is 28.2. The minimum absolute atomic E-state index is 0.00866. The first-order chi connectivity index (χ1) is 5.06. The first kappa shape index (κ1) is 8.31. The van der Waals surface area contributed by atoms with Crippen LogP contribution in [-0.2, 0) is 9.53 Å². The van der Waals surface area contributed by atoms with Crippen LogP contribution in [0.4, 0.5) is 0 Å². The van der Waals surface area contributed by atoms with Gasteiger partial charge >= 0.3 is 5.97 Å². The number of esters is 1. The summed E-state index contributed by atoms with van der Waals surface area (Å²) in [6.45, 7) is 7.72. The van der Waals surface area contributed by atoms with Gasteiger partial charge < -0.3 is 4.74 Å². The zero-order valence-corrected chi connectivity index (χ0v) is 7.09. The summed E-state index contributed by atoms with van der Waals surface area (Å²) >= 11 is 0. The summed E-state index contributed by atoms with van der Waals surface area (Å²) in [5.74, 6) is -0.0816. The van der Waals surface area contributed by atoms with E-state index < -0.39 is 0 Å². The van der Waals surface area contributed by atoms with Crippen molar-refractivity contribution in [1.29, 1.82) is 0 Å². The Kier molecular flexibility index (Phi) is 2.03. The van der Waals surface area contributed by atoms with Crippen LogP contribution >= 0.6 is 0 Å². The molecule has 2 nitrogen and oxygen atoms in total. The molecule has 1 rings (SSSR count). The monoisotopic (exact) mass is 154 g/mol. The van der Waals surface area contributed by atoms with Crippen molar-refractivity contribution in [3.05, 3.63) is 12.7 Å². The van der Waals surface area contributed by atoms with Crippen LogP contribution in [0.2, 0.25) is 0 Å². The summed E-state index contributed by atoms with van der Waals surface area (Å²) in [5.41, 5.74) is -0.00866. The molecule has 2 heteroatoms. The average Bonchev–Trinajstić information content (AvgIpc) is 2.07. The van der Waals surface area contributed by atoms with Crippen LogP contribution in [-0.4, -0.2) is 12.1 Å². The highest BCUT2D eigenvalue weighted by Gasteiger charge is 2.40. The van der Waals surface area contributed by atoms with Gasteiger partial charge in [0.05, 0.1) is 6.42 Å². The molecule has 1 fully saturated rings. The summed E-state index contributed by atoms with van der Waals surface area (Å²) in [7, 11) is 0. The van der Waals surface area contributed by atoms with E-state index in [1.807, 2.05) is 13.8 Å². The molecular formula is C9H14O2.